The molecule has 0 saturated heterocycles. The molecule has 0 fully saturated rings. The number of rotatable bonds is 1. The molecule has 0 bridgehead atoms. The van der Waals surface area contributed by atoms with Gasteiger partial charge in [-0.3, -0.25) is 4.98 Å². The van der Waals surface area contributed by atoms with Crippen LogP contribution in [0.15, 0.2) is 42.6 Å². The molecule has 0 spiro atoms. The molecule has 2 aromatic rings. The van der Waals surface area contributed by atoms with Crippen molar-refractivity contribution in [3.8, 4) is 0 Å². The van der Waals surface area contributed by atoms with Crippen LogP contribution in [0.25, 0.3) is 0 Å². The number of aryl methyl sites for hydroxylation is 1. The monoisotopic (exact) mass is 209 g/mol. The predicted molar refractivity (Wildman–Crippen MR) is 64.8 cm³/mol. The van der Waals surface area contributed by atoms with Crippen molar-refractivity contribution in [2.45, 2.75) is 12.8 Å². The fourth-order valence-electron chi connectivity index (χ4n) is 2.25. The Kier molecular flexibility index (Phi) is 2.33. The number of pyridine rings is 1. The molecule has 1 aromatic carbocycles. The van der Waals surface area contributed by atoms with Gasteiger partial charge in [-0.25, -0.2) is 0 Å². The summed E-state index contributed by atoms with van der Waals surface area (Å²) in [6.45, 7) is 1.05. The molecule has 1 aromatic heterocycles. The SMILES string of the molecule is [c]1ncccc1N1CCCc2ccccc21. The maximum Gasteiger partial charge on any atom is 0.114 e. The predicted octanol–water partition coefficient (Wildman–Crippen LogP) is 2.97. The second-order valence-electron chi connectivity index (χ2n) is 4.02. The van der Waals surface area contributed by atoms with Crippen LogP contribution in [-0.2, 0) is 6.42 Å². The second-order valence-corrected chi connectivity index (χ2v) is 4.02. The summed E-state index contributed by atoms with van der Waals surface area (Å²) in [6.07, 6.45) is 7.19. The van der Waals surface area contributed by atoms with E-state index in [9.17, 15) is 0 Å². The van der Waals surface area contributed by atoms with Crippen LogP contribution in [0, 0.1) is 6.20 Å². The highest BCUT2D eigenvalue weighted by molar-refractivity contribution is 5.66. The molecular weight excluding hydrogens is 196 g/mol. The van der Waals surface area contributed by atoms with Crippen LogP contribution in [0.3, 0.4) is 0 Å². The zero-order valence-electron chi connectivity index (χ0n) is 9.06. The normalized spacial score (nSPS) is 14.6. The van der Waals surface area contributed by atoms with E-state index < -0.39 is 0 Å². The average molecular weight is 209 g/mol. The van der Waals surface area contributed by atoms with E-state index >= 15 is 0 Å². The maximum absolute atomic E-state index is 4.07. The highest BCUT2D eigenvalue weighted by atomic mass is 15.1. The lowest BCUT2D eigenvalue weighted by molar-refractivity contribution is 0.765. The van der Waals surface area contributed by atoms with Gasteiger partial charge in [-0.1, -0.05) is 18.2 Å². The number of aromatic nitrogens is 1. The lowest BCUT2D eigenvalue weighted by atomic mass is 10.0. The first-order chi connectivity index (χ1) is 7.95. The largest absolute Gasteiger partial charge is 0.339 e. The summed E-state index contributed by atoms with van der Waals surface area (Å²) < 4.78 is 0. The van der Waals surface area contributed by atoms with Gasteiger partial charge in [0.05, 0.1) is 5.69 Å². The number of hydrogen-bond donors (Lipinski definition) is 0. The minimum Gasteiger partial charge on any atom is -0.339 e. The minimum atomic E-state index is 1.05. The van der Waals surface area contributed by atoms with Crippen molar-refractivity contribution in [2.24, 2.45) is 0 Å². The Labute approximate surface area is 95.6 Å². The van der Waals surface area contributed by atoms with Gasteiger partial charge < -0.3 is 4.90 Å². The summed E-state index contributed by atoms with van der Waals surface area (Å²) in [6, 6.07) is 12.6. The van der Waals surface area contributed by atoms with E-state index in [1.807, 2.05) is 6.07 Å². The van der Waals surface area contributed by atoms with Crippen molar-refractivity contribution < 1.29 is 0 Å². The Morgan fingerprint density at radius 1 is 1.12 bits per heavy atom. The van der Waals surface area contributed by atoms with Crippen LogP contribution in [-0.4, -0.2) is 11.5 Å². The van der Waals surface area contributed by atoms with Gasteiger partial charge in [-0.2, -0.15) is 0 Å². The summed E-state index contributed by atoms with van der Waals surface area (Å²) in [5.74, 6) is 0. The fourth-order valence-corrected chi connectivity index (χ4v) is 2.25. The molecule has 0 atom stereocenters. The Bertz CT molecular complexity index is 479. The van der Waals surface area contributed by atoms with Crippen LogP contribution in [0.2, 0.25) is 0 Å². The molecule has 2 heteroatoms. The van der Waals surface area contributed by atoms with E-state index in [-0.39, 0.29) is 0 Å². The molecule has 16 heavy (non-hydrogen) atoms. The highest BCUT2D eigenvalue weighted by Gasteiger charge is 2.17. The summed E-state index contributed by atoms with van der Waals surface area (Å²) in [5.41, 5.74) is 3.79. The zero-order chi connectivity index (χ0) is 10.8. The number of anilines is 2. The first kappa shape index (κ1) is 9.40. The van der Waals surface area contributed by atoms with Crippen LogP contribution in [0.1, 0.15) is 12.0 Å². The molecule has 2 heterocycles. The smallest absolute Gasteiger partial charge is 0.114 e. The van der Waals surface area contributed by atoms with Crippen molar-refractivity contribution >= 4 is 11.4 Å². The van der Waals surface area contributed by atoms with E-state index in [0.29, 0.717) is 0 Å². The number of para-hydroxylation sites is 1. The Hall–Kier alpha value is -1.83. The van der Waals surface area contributed by atoms with Crippen LogP contribution in [0.4, 0.5) is 11.4 Å². The van der Waals surface area contributed by atoms with E-state index in [4.69, 9.17) is 0 Å². The Morgan fingerprint density at radius 3 is 2.94 bits per heavy atom. The number of fused-ring (bicyclic) bond motifs is 1. The zero-order valence-corrected chi connectivity index (χ0v) is 9.06. The number of benzene rings is 1. The molecule has 2 nitrogen and oxygen atoms in total. The second kappa shape index (κ2) is 3.97. The lowest BCUT2D eigenvalue weighted by Crippen LogP contribution is -2.24. The quantitative estimate of drug-likeness (QED) is 0.717. The number of nitrogens with zero attached hydrogens (tertiary/aromatic N) is 2. The fraction of sp³-hybridized carbons (Fsp3) is 0.214. The van der Waals surface area contributed by atoms with Gasteiger partial charge in [0.25, 0.3) is 0 Å². The molecular formula is C14H13N2. The van der Waals surface area contributed by atoms with Crippen molar-refractivity contribution in [3.63, 3.8) is 0 Å². The average Bonchev–Trinajstić information content (AvgIpc) is 2.39. The molecule has 0 N–H and O–H groups in total. The van der Waals surface area contributed by atoms with Gasteiger partial charge >= 0.3 is 0 Å². The highest BCUT2D eigenvalue weighted by Crippen LogP contribution is 2.32. The van der Waals surface area contributed by atoms with Gasteiger partial charge in [-0.05, 0) is 36.6 Å². The van der Waals surface area contributed by atoms with E-state index in [1.165, 1.54) is 24.1 Å². The molecule has 79 valence electrons. The van der Waals surface area contributed by atoms with Gasteiger partial charge in [0.2, 0.25) is 0 Å². The van der Waals surface area contributed by atoms with E-state index in [2.05, 4.69) is 46.4 Å². The molecule has 0 saturated carbocycles. The van der Waals surface area contributed by atoms with Gasteiger partial charge in [-0.15, -0.1) is 0 Å². The standard InChI is InChI=1S/C14H13N2/c1-2-8-14-12(5-1)6-4-10-16(14)13-7-3-9-15-11-13/h1-3,5,7-9H,4,6,10H2. The van der Waals surface area contributed by atoms with Crippen molar-refractivity contribution in [2.75, 3.05) is 11.4 Å². The Balaban J connectivity index is 2.05. The van der Waals surface area contributed by atoms with Crippen LogP contribution >= 0.6 is 0 Å². The van der Waals surface area contributed by atoms with Crippen LogP contribution in [0.5, 0.6) is 0 Å². The third kappa shape index (κ3) is 1.56. The van der Waals surface area contributed by atoms with Crippen molar-refractivity contribution in [1.29, 1.82) is 0 Å². The first-order valence-electron chi connectivity index (χ1n) is 5.63. The maximum atomic E-state index is 4.07. The van der Waals surface area contributed by atoms with Crippen molar-refractivity contribution in [1.82, 2.24) is 4.98 Å². The number of hydrogen-bond acceptors (Lipinski definition) is 2. The Morgan fingerprint density at radius 2 is 2.06 bits per heavy atom. The topological polar surface area (TPSA) is 16.1 Å². The molecule has 0 amide bonds. The van der Waals surface area contributed by atoms with Crippen LogP contribution < -0.4 is 4.90 Å². The third-order valence-electron chi connectivity index (χ3n) is 2.99. The van der Waals surface area contributed by atoms with E-state index in [0.717, 1.165) is 12.2 Å². The van der Waals surface area contributed by atoms with E-state index in [1.54, 1.807) is 6.20 Å². The molecule has 1 aliphatic rings. The molecule has 1 radical (unpaired) electrons. The molecule has 3 rings (SSSR count). The molecule has 1 aliphatic heterocycles. The lowest BCUT2D eigenvalue weighted by Gasteiger charge is -2.30. The first-order valence-corrected chi connectivity index (χ1v) is 5.63. The summed E-state index contributed by atoms with van der Waals surface area (Å²) in [7, 11) is 0. The third-order valence-corrected chi connectivity index (χ3v) is 2.99. The summed E-state index contributed by atoms with van der Waals surface area (Å²) in [5, 5.41) is 0. The minimum absolute atomic E-state index is 1.05. The summed E-state index contributed by atoms with van der Waals surface area (Å²) >= 11 is 0. The molecule has 0 aliphatic carbocycles. The van der Waals surface area contributed by atoms with Gasteiger partial charge in [0.1, 0.15) is 6.20 Å². The molecule has 0 unspecified atom stereocenters. The van der Waals surface area contributed by atoms with Crippen molar-refractivity contribution in [3.05, 3.63) is 54.4 Å². The van der Waals surface area contributed by atoms with Gasteiger partial charge in [0, 0.05) is 18.4 Å². The summed E-state index contributed by atoms with van der Waals surface area (Å²) in [4.78, 5) is 6.36. The van der Waals surface area contributed by atoms with Gasteiger partial charge in [0.15, 0.2) is 0 Å².